The van der Waals surface area contributed by atoms with E-state index in [0.29, 0.717) is 62.3 Å². The summed E-state index contributed by atoms with van der Waals surface area (Å²) in [4.78, 5) is 19.5. The lowest BCUT2D eigenvalue weighted by Crippen LogP contribution is -2.50. The second-order valence-corrected chi connectivity index (χ2v) is 18.3. The first-order valence-corrected chi connectivity index (χ1v) is 22.4. The number of phenols is 4. The highest BCUT2D eigenvalue weighted by Gasteiger charge is 2.58. The molecular formula is C52H58N4O9. The number of anilines is 1. The second-order valence-electron chi connectivity index (χ2n) is 18.3. The topological polar surface area (TPSA) is 209 Å². The van der Waals surface area contributed by atoms with E-state index in [2.05, 4.69) is 33.1 Å². The molecule has 4 aromatic carbocycles. The third-order valence-corrected chi connectivity index (χ3v) is 14.6. The number of rotatable bonds is 11. The van der Waals surface area contributed by atoms with Gasteiger partial charge in [0.1, 0.15) is 17.4 Å². The fraction of sp³-hybridized carbons (Fsp3) is 0.365. The average molecular weight is 883 g/mol. The minimum absolute atomic E-state index is 0.00127. The number of ether oxygens (including phenoxy) is 2. The summed E-state index contributed by atoms with van der Waals surface area (Å²) in [6, 6.07) is 19.7. The number of likely N-dealkylation sites (N-methyl/N-ethyl adjacent to an activating group) is 1. The summed E-state index contributed by atoms with van der Waals surface area (Å²) in [7, 11) is 4.78. The number of ketones is 1. The number of hydrogen-bond acceptors (Lipinski definition) is 12. The Balaban J connectivity index is 1.28. The van der Waals surface area contributed by atoms with Gasteiger partial charge in [0.15, 0.2) is 23.0 Å². The molecule has 1 spiro atoms. The van der Waals surface area contributed by atoms with Gasteiger partial charge in [-0.3, -0.25) is 4.79 Å². The summed E-state index contributed by atoms with van der Waals surface area (Å²) < 4.78 is 11.0. The first-order valence-electron chi connectivity index (χ1n) is 22.4. The zero-order valence-electron chi connectivity index (χ0n) is 36.9. The number of aryl methyl sites for hydroxylation is 1. The lowest BCUT2D eigenvalue weighted by Gasteiger charge is -2.47. The van der Waals surface area contributed by atoms with E-state index in [9.17, 15) is 30.6 Å². The van der Waals surface area contributed by atoms with Crippen LogP contribution in [0.1, 0.15) is 66.0 Å². The van der Waals surface area contributed by atoms with Gasteiger partial charge in [0.05, 0.1) is 32.3 Å². The number of hydrogen-bond donors (Lipinski definition) is 10. The molecule has 2 aliphatic heterocycles. The fourth-order valence-corrected chi connectivity index (χ4v) is 11.8. The Kier molecular flexibility index (Phi) is 11.8. The number of carbonyl (C=O) groups excluding carboxylic acids is 1. The molecule has 0 radical (unpaired) electrons. The van der Waals surface area contributed by atoms with Crippen LogP contribution < -0.4 is 25.4 Å². The van der Waals surface area contributed by atoms with E-state index in [1.54, 1.807) is 36.4 Å². The number of aliphatic hydroxyl groups is 2. The Morgan fingerprint density at radius 3 is 2.57 bits per heavy atom. The SMILES string of the molecule is CNCC12C=Cc3cc(O)cc4ccc(c1c34)NC1=CC(=CCN1)C1(CCC(O)C1Cc1ccc[nH]1)C(C(O)CCc1ccc(O)c(OC)c1)C(=O)CC(c1cc(O)c(O)c(OC)c1)C2. The number of nitrogens with one attached hydrogen (secondary N) is 4. The zero-order chi connectivity index (χ0) is 45.6. The molecule has 0 amide bonds. The Labute approximate surface area is 378 Å². The molecule has 4 aliphatic rings. The molecule has 2 aliphatic carbocycles. The molecule has 9 rings (SSSR count). The third kappa shape index (κ3) is 7.85. The summed E-state index contributed by atoms with van der Waals surface area (Å²) >= 11 is 0. The number of Topliss-reactive ketones (excluding diaryl/α,β-unsaturated/α-hetero) is 1. The van der Waals surface area contributed by atoms with Crippen molar-refractivity contribution in [2.75, 3.05) is 39.7 Å². The van der Waals surface area contributed by atoms with E-state index in [1.165, 1.54) is 20.3 Å². The van der Waals surface area contributed by atoms with Crippen LogP contribution in [0.4, 0.5) is 5.69 Å². The van der Waals surface area contributed by atoms with Gasteiger partial charge >= 0.3 is 0 Å². The number of dihydropyridines is 1. The number of H-pyrrole nitrogens is 1. The lowest BCUT2D eigenvalue weighted by atomic mass is 9.57. The van der Waals surface area contributed by atoms with Gasteiger partial charge in [-0.2, -0.15) is 0 Å². The number of benzene rings is 4. The lowest BCUT2D eigenvalue weighted by molar-refractivity contribution is -0.134. The van der Waals surface area contributed by atoms with E-state index in [0.717, 1.165) is 44.4 Å². The van der Waals surface area contributed by atoms with E-state index in [4.69, 9.17) is 9.47 Å². The summed E-state index contributed by atoms with van der Waals surface area (Å²) in [5, 5.41) is 81.0. The van der Waals surface area contributed by atoms with Crippen molar-refractivity contribution in [1.29, 1.82) is 0 Å². The van der Waals surface area contributed by atoms with Crippen molar-refractivity contribution in [3.63, 3.8) is 0 Å². The van der Waals surface area contributed by atoms with Gasteiger partial charge in [-0.05, 0) is 151 Å². The van der Waals surface area contributed by atoms with Gasteiger partial charge in [0.2, 0.25) is 5.75 Å². The fourth-order valence-electron chi connectivity index (χ4n) is 11.8. The molecule has 1 aromatic heterocycles. The van der Waals surface area contributed by atoms with Gasteiger partial charge in [-0.1, -0.05) is 30.4 Å². The maximum atomic E-state index is 16.2. The Morgan fingerprint density at radius 1 is 0.969 bits per heavy atom. The highest BCUT2D eigenvalue weighted by molar-refractivity contribution is 6.01. The Hall–Kier alpha value is -6.41. The van der Waals surface area contributed by atoms with Gasteiger partial charge in [-0.25, -0.2) is 0 Å². The van der Waals surface area contributed by atoms with E-state index < -0.39 is 46.5 Å². The van der Waals surface area contributed by atoms with Crippen LogP contribution in [0, 0.1) is 17.3 Å². The normalized spacial score (nSPS) is 25.4. The largest absolute Gasteiger partial charge is 0.508 e. The number of fused-ring (bicyclic) bond motifs is 2. The van der Waals surface area contributed by atoms with Crippen LogP contribution in [0.2, 0.25) is 0 Å². The van der Waals surface area contributed by atoms with Crippen molar-refractivity contribution in [3.8, 4) is 34.5 Å². The highest BCUT2D eigenvalue weighted by Crippen LogP contribution is 2.59. The van der Waals surface area contributed by atoms with Crippen LogP contribution in [-0.2, 0) is 23.1 Å². The summed E-state index contributed by atoms with van der Waals surface area (Å²) in [6.45, 7) is 0.863. The van der Waals surface area contributed by atoms with Crippen LogP contribution in [0.25, 0.3) is 16.8 Å². The minimum atomic E-state index is -1.19. The quantitative estimate of drug-likeness (QED) is 0.0607. The number of allylic oxidation sites excluding steroid dienone is 2. The van der Waals surface area contributed by atoms with E-state index in [1.807, 2.05) is 49.7 Å². The molecule has 1 fully saturated rings. The van der Waals surface area contributed by atoms with Crippen molar-refractivity contribution in [1.82, 2.24) is 15.6 Å². The zero-order valence-corrected chi connectivity index (χ0v) is 36.9. The number of carbonyl (C=O) groups is 1. The van der Waals surface area contributed by atoms with Gasteiger partial charge in [0, 0.05) is 53.8 Å². The van der Waals surface area contributed by atoms with Crippen LogP contribution in [0.3, 0.4) is 0 Å². The number of aromatic hydroxyl groups is 4. The maximum absolute atomic E-state index is 16.2. The van der Waals surface area contributed by atoms with Crippen molar-refractivity contribution >= 4 is 28.3 Å². The molecule has 0 saturated heterocycles. The predicted octanol–water partition coefficient (Wildman–Crippen LogP) is 7.03. The first kappa shape index (κ1) is 43.8. The minimum Gasteiger partial charge on any atom is -0.508 e. The molecule has 3 heterocycles. The van der Waals surface area contributed by atoms with Gasteiger partial charge in [0.25, 0.3) is 0 Å². The molecule has 2 bridgehead atoms. The molecule has 1 saturated carbocycles. The molecule has 7 atom stereocenters. The molecule has 13 nitrogen and oxygen atoms in total. The van der Waals surface area contributed by atoms with Crippen molar-refractivity contribution < 1.29 is 44.9 Å². The summed E-state index contributed by atoms with van der Waals surface area (Å²) in [6.07, 6.45) is 10.2. The van der Waals surface area contributed by atoms with Crippen LogP contribution >= 0.6 is 0 Å². The Morgan fingerprint density at radius 2 is 1.80 bits per heavy atom. The number of methoxy groups -OCH3 is 2. The van der Waals surface area contributed by atoms with Crippen LogP contribution in [0.15, 0.2) is 103 Å². The molecule has 340 valence electrons. The monoisotopic (exact) mass is 882 g/mol. The number of aromatic nitrogens is 1. The standard InChI is InChI=1S/C52H58N4O9/c1-53-28-51-15-12-31-21-36(57)20-30-8-9-38(48(51)47(30)31)56-46-25-34(14-18-55-46)52(16-13-39(58)37(52)26-35-5-4-17-54-35)49(41(60)11-7-29-6-10-40(59)44(19-29)64-2)42(61)23-33(27-51)32-22-43(62)50(63)45(24-32)65-3/h4-6,8-10,12,14-15,17,19-22,24-25,33,37,39,41,49,53-60,62-63H,7,11,13,16,18,23,26-28H2,1-3H3. The van der Waals surface area contributed by atoms with Crippen molar-refractivity contribution in [2.45, 2.75) is 68.5 Å². The van der Waals surface area contributed by atoms with Crippen molar-refractivity contribution in [3.05, 3.63) is 130 Å². The molecule has 7 unspecified atom stereocenters. The van der Waals surface area contributed by atoms with E-state index >= 15 is 4.79 Å². The van der Waals surface area contributed by atoms with Crippen LogP contribution in [-0.4, -0.2) is 88.0 Å². The maximum Gasteiger partial charge on any atom is 0.200 e. The first-order chi connectivity index (χ1) is 31.4. The number of aliphatic hydroxyl groups excluding tert-OH is 2. The summed E-state index contributed by atoms with van der Waals surface area (Å²) in [5.74, 6) is -1.92. The van der Waals surface area contributed by atoms with Gasteiger partial charge < -0.3 is 61.0 Å². The second kappa shape index (κ2) is 17.5. The molecule has 65 heavy (non-hydrogen) atoms. The molecule has 13 heteroatoms. The Bertz CT molecular complexity index is 2710. The smallest absolute Gasteiger partial charge is 0.200 e. The van der Waals surface area contributed by atoms with Crippen molar-refractivity contribution in [2.24, 2.45) is 17.3 Å². The van der Waals surface area contributed by atoms with E-state index in [-0.39, 0.29) is 41.6 Å². The molecule has 5 aromatic rings. The molecular weight excluding hydrogens is 825 g/mol. The third-order valence-electron chi connectivity index (χ3n) is 14.6. The highest BCUT2D eigenvalue weighted by atomic mass is 16.5. The van der Waals surface area contributed by atoms with Crippen LogP contribution in [0.5, 0.6) is 34.5 Å². The number of phenolic OH excluding ortho intramolecular Hbond substituents is 4. The predicted molar refractivity (Wildman–Crippen MR) is 249 cm³/mol. The average Bonchev–Trinajstić information content (AvgIpc) is 3.93. The molecule has 10 N–H and O–H groups in total. The van der Waals surface area contributed by atoms with Gasteiger partial charge in [-0.15, -0.1) is 0 Å². The summed E-state index contributed by atoms with van der Waals surface area (Å²) in [5.41, 5.74) is 3.91. The number of aromatic amines is 1.